The van der Waals surface area contributed by atoms with Crippen molar-refractivity contribution < 1.29 is 23.8 Å². The van der Waals surface area contributed by atoms with Crippen LogP contribution in [0.2, 0.25) is 5.02 Å². The summed E-state index contributed by atoms with van der Waals surface area (Å²) < 4.78 is 15.5. The van der Waals surface area contributed by atoms with E-state index in [1.165, 1.54) is 26.2 Å². The largest absolute Gasteiger partial charge is 0.495 e. The van der Waals surface area contributed by atoms with Gasteiger partial charge in [0.15, 0.2) is 11.6 Å². The molecule has 0 fully saturated rings. The normalized spacial score (nSPS) is 11.2. The SMILES string of the molecule is C=NN/C(=C\C(=O)c1ccc(OC)c(Cl)c1)c1nc2ccc(OCCOC(C)=O)cc2[nH]1. The van der Waals surface area contributed by atoms with Crippen LogP contribution in [0.5, 0.6) is 11.5 Å². The monoisotopic (exact) mass is 456 g/mol. The molecule has 0 saturated heterocycles. The average Bonchev–Trinajstić information content (AvgIpc) is 3.19. The van der Waals surface area contributed by atoms with Gasteiger partial charge in [0.05, 0.1) is 23.2 Å². The number of imidazole rings is 1. The Morgan fingerprint density at radius 2 is 2.06 bits per heavy atom. The Morgan fingerprint density at radius 1 is 1.25 bits per heavy atom. The molecular formula is C22H21ClN4O5. The molecule has 0 unspecified atom stereocenters. The summed E-state index contributed by atoms with van der Waals surface area (Å²) in [6, 6.07) is 10.0. The highest BCUT2D eigenvalue weighted by Crippen LogP contribution is 2.26. The molecule has 9 nitrogen and oxygen atoms in total. The van der Waals surface area contributed by atoms with Crippen molar-refractivity contribution in [1.82, 2.24) is 15.4 Å². The van der Waals surface area contributed by atoms with E-state index in [0.717, 1.165) is 0 Å². The fourth-order valence-corrected chi connectivity index (χ4v) is 3.08. The third kappa shape index (κ3) is 5.64. The zero-order valence-electron chi connectivity index (χ0n) is 17.5. The Hall–Kier alpha value is -3.85. The molecule has 3 rings (SSSR count). The summed E-state index contributed by atoms with van der Waals surface area (Å²) in [6.45, 7) is 5.13. The maximum absolute atomic E-state index is 12.7. The van der Waals surface area contributed by atoms with Crippen LogP contribution in [0.3, 0.4) is 0 Å². The van der Waals surface area contributed by atoms with Crippen LogP contribution in [0.4, 0.5) is 0 Å². The van der Waals surface area contributed by atoms with Gasteiger partial charge in [-0.3, -0.25) is 15.0 Å². The second-order valence-corrected chi connectivity index (χ2v) is 6.90. The van der Waals surface area contributed by atoms with Crippen LogP contribution in [0.25, 0.3) is 16.7 Å². The van der Waals surface area contributed by atoms with E-state index in [2.05, 4.69) is 27.2 Å². The molecule has 0 saturated carbocycles. The third-order valence-corrected chi connectivity index (χ3v) is 4.57. The zero-order chi connectivity index (χ0) is 23.1. The number of rotatable bonds is 10. The van der Waals surface area contributed by atoms with E-state index >= 15 is 0 Å². The van der Waals surface area contributed by atoms with Crippen LogP contribution in [0.15, 0.2) is 47.6 Å². The third-order valence-electron chi connectivity index (χ3n) is 4.28. The number of fused-ring (bicyclic) bond motifs is 1. The lowest BCUT2D eigenvalue weighted by Crippen LogP contribution is -2.09. The molecule has 0 radical (unpaired) electrons. The van der Waals surface area contributed by atoms with Crippen LogP contribution < -0.4 is 14.9 Å². The number of benzene rings is 2. The van der Waals surface area contributed by atoms with Crippen LogP contribution in [-0.2, 0) is 9.53 Å². The van der Waals surface area contributed by atoms with E-state index in [9.17, 15) is 9.59 Å². The number of carbonyl (C=O) groups is 2. The number of hydrogen-bond acceptors (Lipinski definition) is 8. The Morgan fingerprint density at radius 3 is 2.75 bits per heavy atom. The summed E-state index contributed by atoms with van der Waals surface area (Å²) in [6.07, 6.45) is 1.35. The van der Waals surface area contributed by atoms with E-state index in [0.29, 0.717) is 44.6 Å². The zero-order valence-corrected chi connectivity index (χ0v) is 18.2. The van der Waals surface area contributed by atoms with Crippen molar-refractivity contribution >= 4 is 46.8 Å². The van der Waals surface area contributed by atoms with Gasteiger partial charge in [-0.1, -0.05) is 11.6 Å². The van der Waals surface area contributed by atoms with Crippen LogP contribution >= 0.6 is 11.6 Å². The standard InChI is InChI=1S/C22H21ClN4O5/c1-13(28)31-8-9-32-15-5-6-17-18(11-15)26-22(25-17)19(27-24-2)12-20(29)14-4-7-21(30-3)16(23)10-14/h4-7,10-12,27H,2,8-9H2,1,3H3,(H,25,26)/b19-12-. The van der Waals surface area contributed by atoms with Crippen molar-refractivity contribution in [1.29, 1.82) is 0 Å². The first-order valence-electron chi connectivity index (χ1n) is 9.49. The van der Waals surface area contributed by atoms with Crippen molar-refractivity contribution in [3.8, 4) is 11.5 Å². The second kappa shape index (κ2) is 10.5. The number of esters is 1. The molecule has 10 heteroatoms. The van der Waals surface area contributed by atoms with E-state index in [4.69, 9.17) is 25.8 Å². The van der Waals surface area contributed by atoms with Crippen LogP contribution in [-0.4, -0.2) is 48.8 Å². The fraction of sp³-hybridized carbons (Fsp3) is 0.182. The Bertz CT molecular complexity index is 1190. The van der Waals surface area contributed by atoms with Gasteiger partial charge in [-0.25, -0.2) is 4.98 Å². The number of ketones is 1. The number of hydrazone groups is 1. The van der Waals surface area contributed by atoms with E-state index in [1.807, 2.05) is 0 Å². The minimum Gasteiger partial charge on any atom is -0.495 e. The fourth-order valence-electron chi connectivity index (χ4n) is 2.82. The maximum Gasteiger partial charge on any atom is 0.302 e. The number of hydrogen-bond donors (Lipinski definition) is 2. The van der Waals surface area contributed by atoms with Gasteiger partial charge in [0, 0.05) is 31.3 Å². The first-order valence-corrected chi connectivity index (χ1v) is 9.86. The molecule has 2 N–H and O–H groups in total. The number of aromatic amines is 1. The van der Waals surface area contributed by atoms with Gasteiger partial charge < -0.3 is 19.2 Å². The van der Waals surface area contributed by atoms with Crippen molar-refractivity contribution in [3.63, 3.8) is 0 Å². The average molecular weight is 457 g/mol. The Balaban J connectivity index is 1.82. The summed E-state index contributed by atoms with van der Waals surface area (Å²) in [5, 5.41) is 3.99. The number of nitrogens with zero attached hydrogens (tertiary/aromatic N) is 2. The quantitative estimate of drug-likeness (QED) is 0.120. The number of carbonyl (C=O) groups excluding carboxylic acids is 2. The first-order chi connectivity index (χ1) is 15.4. The molecule has 1 heterocycles. The highest BCUT2D eigenvalue weighted by Gasteiger charge is 2.13. The number of aromatic nitrogens is 2. The molecule has 32 heavy (non-hydrogen) atoms. The minimum absolute atomic E-state index is 0.154. The molecule has 166 valence electrons. The predicted molar refractivity (Wildman–Crippen MR) is 121 cm³/mol. The topological polar surface area (TPSA) is 115 Å². The molecule has 0 aliphatic carbocycles. The number of nitrogens with one attached hydrogen (secondary N) is 2. The van der Waals surface area contributed by atoms with Crippen molar-refractivity contribution in [2.75, 3.05) is 20.3 Å². The molecule has 1 aromatic heterocycles. The Kier molecular flexibility index (Phi) is 7.45. The summed E-state index contributed by atoms with van der Waals surface area (Å²) >= 11 is 6.12. The summed E-state index contributed by atoms with van der Waals surface area (Å²) in [5.74, 6) is 0.759. The molecule has 0 spiro atoms. The molecule has 0 atom stereocenters. The van der Waals surface area contributed by atoms with Gasteiger partial charge in [0.25, 0.3) is 0 Å². The summed E-state index contributed by atoms with van der Waals surface area (Å²) in [5.41, 5.74) is 4.72. The lowest BCUT2D eigenvalue weighted by atomic mass is 10.1. The van der Waals surface area contributed by atoms with E-state index < -0.39 is 0 Å². The van der Waals surface area contributed by atoms with Gasteiger partial charge in [-0.15, -0.1) is 0 Å². The lowest BCUT2D eigenvalue weighted by molar-refractivity contribution is -0.141. The molecule has 0 amide bonds. The summed E-state index contributed by atoms with van der Waals surface area (Å²) in [7, 11) is 1.50. The summed E-state index contributed by atoms with van der Waals surface area (Å²) in [4.78, 5) is 31.2. The second-order valence-electron chi connectivity index (χ2n) is 6.49. The molecule has 2 aromatic carbocycles. The van der Waals surface area contributed by atoms with Crippen LogP contribution in [0.1, 0.15) is 23.1 Å². The van der Waals surface area contributed by atoms with Gasteiger partial charge in [0.1, 0.15) is 30.4 Å². The molecule has 3 aromatic rings. The number of halogens is 1. The number of H-pyrrole nitrogens is 1. The molecule has 0 aliphatic heterocycles. The smallest absolute Gasteiger partial charge is 0.302 e. The predicted octanol–water partition coefficient (Wildman–Crippen LogP) is 3.60. The van der Waals surface area contributed by atoms with Crippen molar-refractivity contribution in [2.45, 2.75) is 6.92 Å². The molecular weight excluding hydrogens is 436 g/mol. The van der Waals surface area contributed by atoms with Gasteiger partial charge >= 0.3 is 5.97 Å². The van der Waals surface area contributed by atoms with Gasteiger partial charge in [-0.2, -0.15) is 5.10 Å². The van der Waals surface area contributed by atoms with E-state index in [1.54, 1.807) is 30.3 Å². The molecule has 0 bridgehead atoms. The first kappa shape index (κ1) is 22.8. The number of ether oxygens (including phenoxy) is 3. The molecule has 0 aliphatic rings. The number of methoxy groups -OCH3 is 1. The van der Waals surface area contributed by atoms with Crippen molar-refractivity contribution in [2.24, 2.45) is 5.10 Å². The van der Waals surface area contributed by atoms with Crippen molar-refractivity contribution in [3.05, 3.63) is 58.9 Å². The Labute approximate surface area is 189 Å². The highest BCUT2D eigenvalue weighted by molar-refractivity contribution is 6.32. The van der Waals surface area contributed by atoms with E-state index in [-0.39, 0.29) is 25.0 Å². The highest BCUT2D eigenvalue weighted by atomic mass is 35.5. The van der Waals surface area contributed by atoms with Gasteiger partial charge in [-0.05, 0) is 30.3 Å². The lowest BCUT2D eigenvalue weighted by Gasteiger charge is -2.06. The minimum atomic E-state index is -0.364. The van der Waals surface area contributed by atoms with Crippen LogP contribution in [0, 0.1) is 0 Å². The number of allylic oxidation sites excluding steroid dienone is 1. The van der Waals surface area contributed by atoms with Gasteiger partial charge in [0.2, 0.25) is 0 Å². The maximum atomic E-state index is 12.7.